The van der Waals surface area contributed by atoms with Crippen LogP contribution in [-0.4, -0.2) is 4.98 Å². The highest BCUT2D eigenvalue weighted by atomic mass is 16.5. The number of rotatable bonds is 3. The topological polar surface area (TPSA) is 48.1 Å². The lowest BCUT2D eigenvalue weighted by Gasteiger charge is -2.08. The van der Waals surface area contributed by atoms with Gasteiger partial charge in [-0.15, -0.1) is 0 Å². The van der Waals surface area contributed by atoms with Crippen LogP contribution in [0.2, 0.25) is 0 Å². The smallest absolute Gasteiger partial charge is 0.145 e. The van der Waals surface area contributed by atoms with E-state index in [1.165, 1.54) is 0 Å². The maximum absolute atomic E-state index is 5.66. The summed E-state index contributed by atoms with van der Waals surface area (Å²) in [7, 11) is 0. The Kier molecular flexibility index (Phi) is 2.95. The van der Waals surface area contributed by atoms with Gasteiger partial charge in [0, 0.05) is 18.3 Å². The van der Waals surface area contributed by atoms with Crippen LogP contribution in [0.4, 0.5) is 0 Å². The van der Waals surface area contributed by atoms with Gasteiger partial charge < -0.3 is 10.5 Å². The van der Waals surface area contributed by atoms with Crippen LogP contribution >= 0.6 is 0 Å². The number of para-hydroxylation sites is 1. The molecule has 0 saturated carbocycles. The number of hydrogen-bond donors (Lipinski definition) is 1. The molecule has 0 aliphatic rings. The van der Waals surface area contributed by atoms with E-state index in [0.29, 0.717) is 6.54 Å². The lowest BCUT2D eigenvalue weighted by molar-refractivity contribution is 0.474. The molecule has 3 heteroatoms. The zero-order chi connectivity index (χ0) is 10.5. The molecule has 1 aromatic heterocycles. The molecule has 2 aromatic rings. The number of benzene rings is 1. The van der Waals surface area contributed by atoms with E-state index in [1.807, 2.05) is 36.4 Å². The highest BCUT2D eigenvalue weighted by Gasteiger charge is 2.01. The molecule has 0 unspecified atom stereocenters. The fraction of sp³-hybridized carbons (Fsp3) is 0.0833. The minimum atomic E-state index is 0.469. The first-order valence-electron chi connectivity index (χ1n) is 4.76. The molecule has 15 heavy (non-hydrogen) atoms. The van der Waals surface area contributed by atoms with Crippen molar-refractivity contribution >= 4 is 0 Å². The number of nitrogens with zero attached hydrogens (tertiary/aromatic N) is 1. The van der Waals surface area contributed by atoms with Gasteiger partial charge in [0.25, 0.3) is 0 Å². The summed E-state index contributed by atoms with van der Waals surface area (Å²) in [5.74, 6) is 1.51. The highest BCUT2D eigenvalue weighted by Crippen LogP contribution is 2.23. The molecular weight excluding hydrogens is 188 g/mol. The van der Waals surface area contributed by atoms with Gasteiger partial charge in [-0.1, -0.05) is 18.2 Å². The maximum atomic E-state index is 5.66. The molecule has 2 N–H and O–H groups in total. The van der Waals surface area contributed by atoms with E-state index in [2.05, 4.69) is 4.98 Å². The summed E-state index contributed by atoms with van der Waals surface area (Å²) in [5, 5.41) is 0. The Morgan fingerprint density at radius 3 is 2.73 bits per heavy atom. The first-order chi connectivity index (χ1) is 7.40. The summed E-state index contributed by atoms with van der Waals surface area (Å²) in [6.07, 6.45) is 3.38. The Labute approximate surface area is 88.5 Å². The van der Waals surface area contributed by atoms with Crippen molar-refractivity contribution in [2.45, 2.75) is 6.54 Å². The van der Waals surface area contributed by atoms with E-state index in [4.69, 9.17) is 10.5 Å². The van der Waals surface area contributed by atoms with Crippen LogP contribution in [-0.2, 0) is 6.54 Å². The van der Waals surface area contributed by atoms with Crippen LogP contribution in [0.25, 0.3) is 0 Å². The predicted octanol–water partition coefficient (Wildman–Crippen LogP) is 2.33. The number of hydrogen-bond acceptors (Lipinski definition) is 3. The average Bonchev–Trinajstić information content (AvgIpc) is 2.31. The van der Waals surface area contributed by atoms with Crippen molar-refractivity contribution in [2.75, 3.05) is 0 Å². The van der Waals surface area contributed by atoms with Crippen LogP contribution in [0.5, 0.6) is 11.5 Å². The van der Waals surface area contributed by atoms with Gasteiger partial charge in [-0.2, -0.15) is 0 Å². The Balaban J connectivity index is 2.24. The van der Waals surface area contributed by atoms with Crippen molar-refractivity contribution in [3.8, 4) is 11.5 Å². The summed E-state index contributed by atoms with van der Waals surface area (Å²) in [6.45, 7) is 0.469. The summed E-state index contributed by atoms with van der Waals surface area (Å²) >= 11 is 0. The number of nitrogens with two attached hydrogens (primary N) is 1. The van der Waals surface area contributed by atoms with E-state index >= 15 is 0 Å². The van der Waals surface area contributed by atoms with Crippen LogP contribution < -0.4 is 10.5 Å². The molecule has 0 spiro atoms. The normalized spacial score (nSPS) is 9.93. The third kappa shape index (κ3) is 2.33. The fourth-order valence-electron chi connectivity index (χ4n) is 1.31. The Morgan fingerprint density at radius 2 is 2.00 bits per heavy atom. The highest BCUT2D eigenvalue weighted by molar-refractivity contribution is 5.36. The molecule has 0 aliphatic heterocycles. The lowest BCUT2D eigenvalue weighted by atomic mass is 10.2. The van der Waals surface area contributed by atoms with Gasteiger partial charge in [-0.05, 0) is 18.2 Å². The average molecular weight is 200 g/mol. The standard InChI is InChI=1S/C12H12N2O/c13-8-10-4-1-2-6-12(10)15-11-5-3-7-14-9-11/h1-7,9H,8,13H2. The van der Waals surface area contributed by atoms with Crippen molar-refractivity contribution in [3.63, 3.8) is 0 Å². The molecule has 0 atom stereocenters. The first kappa shape index (κ1) is 9.68. The minimum Gasteiger partial charge on any atom is -0.455 e. The van der Waals surface area contributed by atoms with Gasteiger partial charge in [0.1, 0.15) is 11.5 Å². The molecule has 1 heterocycles. The molecule has 0 fully saturated rings. The predicted molar refractivity (Wildman–Crippen MR) is 58.6 cm³/mol. The molecule has 0 bridgehead atoms. The van der Waals surface area contributed by atoms with Gasteiger partial charge in [0.15, 0.2) is 0 Å². The van der Waals surface area contributed by atoms with Crippen LogP contribution in [0.1, 0.15) is 5.56 Å². The lowest BCUT2D eigenvalue weighted by Crippen LogP contribution is -1.98. The van der Waals surface area contributed by atoms with Crippen LogP contribution in [0.15, 0.2) is 48.8 Å². The molecule has 0 amide bonds. The molecule has 0 radical (unpaired) electrons. The maximum Gasteiger partial charge on any atom is 0.145 e. The Hall–Kier alpha value is -1.87. The quantitative estimate of drug-likeness (QED) is 0.827. The number of ether oxygens (including phenoxy) is 1. The fourth-order valence-corrected chi connectivity index (χ4v) is 1.31. The van der Waals surface area contributed by atoms with Gasteiger partial charge in [-0.25, -0.2) is 0 Å². The van der Waals surface area contributed by atoms with E-state index in [-0.39, 0.29) is 0 Å². The van der Waals surface area contributed by atoms with Gasteiger partial charge >= 0.3 is 0 Å². The third-order valence-corrected chi connectivity index (χ3v) is 2.05. The van der Waals surface area contributed by atoms with Crippen molar-refractivity contribution in [1.82, 2.24) is 4.98 Å². The number of pyridine rings is 1. The monoisotopic (exact) mass is 200 g/mol. The Bertz CT molecular complexity index is 429. The van der Waals surface area contributed by atoms with Gasteiger partial charge in [-0.3, -0.25) is 4.98 Å². The van der Waals surface area contributed by atoms with Crippen molar-refractivity contribution < 1.29 is 4.74 Å². The summed E-state index contributed by atoms with van der Waals surface area (Å²) in [5.41, 5.74) is 6.60. The Morgan fingerprint density at radius 1 is 1.13 bits per heavy atom. The zero-order valence-corrected chi connectivity index (χ0v) is 8.26. The zero-order valence-electron chi connectivity index (χ0n) is 8.26. The van der Waals surface area contributed by atoms with Crippen LogP contribution in [0, 0.1) is 0 Å². The van der Waals surface area contributed by atoms with Gasteiger partial charge in [0.2, 0.25) is 0 Å². The van der Waals surface area contributed by atoms with Crippen molar-refractivity contribution in [1.29, 1.82) is 0 Å². The summed E-state index contributed by atoms with van der Waals surface area (Å²) in [4.78, 5) is 3.98. The second-order valence-corrected chi connectivity index (χ2v) is 3.10. The first-order valence-corrected chi connectivity index (χ1v) is 4.76. The molecule has 2 rings (SSSR count). The molecule has 3 nitrogen and oxygen atoms in total. The minimum absolute atomic E-state index is 0.469. The van der Waals surface area contributed by atoms with Crippen LogP contribution in [0.3, 0.4) is 0 Å². The molecule has 0 saturated heterocycles. The SMILES string of the molecule is NCc1ccccc1Oc1cccnc1. The molecule has 1 aromatic carbocycles. The summed E-state index contributed by atoms with van der Waals surface area (Å²) in [6, 6.07) is 11.4. The third-order valence-electron chi connectivity index (χ3n) is 2.05. The molecular formula is C12H12N2O. The second kappa shape index (κ2) is 4.57. The summed E-state index contributed by atoms with van der Waals surface area (Å²) < 4.78 is 5.66. The van der Waals surface area contributed by atoms with Crippen molar-refractivity contribution in [2.24, 2.45) is 5.73 Å². The second-order valence-electron chi connectivity index (χ2n) is 3.10. The van der Waals surface area contributed by atoms with Crippen molar-refractivity contribution in [3.05, 3.63) is 54.4 Å². The van der Waals surface area contributed by atoms with E-state index < -0.39 is 0 Å². The van der Waals surface area contributed by atoms with E-state index in [9.17, 15) is 0 Å². The van der Waals surface area contributed by atoms with Gasteiger partial charge in [0.05, 0.1) is 6.20 Å². The number of aromatic nitrogens is 1. The van der Waals surface area contributed by atoms with E-state index in [0.717, 1.165) is 17.1 Å². The molecule has 0 aliphatic carbocycles. The van der Waals surface area contributed by atoms with E-state index in [1.54, 1.807) is 12.4 Å². The largest absolute Gasteiger partial charge is 0.455 e. The molecule has 76 valence electrons.